The Bertz CT molecular complexity index is 1450. The van der Waals surface area contributed by atoms with Gasteiger partial charge in [0.2, 0.25) is 10.0 Å². The third-order valence-corrected chi connectivity index (χ3v) is 9.12. The first-order valence-electron chi connectivity index (χ1n) is 13.6. The third kappa shape index (κ3) is 7.04. The number of hydrogen-bond donors (Lipinski definition) is 2. The van der Waals surface area contributed by atoms with E-state index in [-0.39, 0.29) is 23.0 Å². The summed E-state index contributed by atoms with van der Waals surface area (Å²) in [6.45, 7) is 7.40. The number of benzene rings is 3. The lowest BCUT2D eigenvalue weighted by Gasteiger charge is -2.31. The Balaban J connectivity index is 1.51. The molecule has 1 amide bonds. The van der Waals surface area contributed by atoms with Crippen LogP contribution in [0.1, 0.15) is 67.6 Å². The molecule has 1 atom stereocenters. The second kappa shape index (κ2) is 11.6. The molecule has 0 heterocycles. The smallest absolute Gasteiger partial charge is 0.252 e. The predicted molar refractivity (Wildman–Crippen MR) is 154 cm³/mol. The van der Waals surface area contributed by atoms with Crippen LogP contribution in [0.4, 0.5) is 4.39 Å². The first kappa shape index (κ1) is 29.6. The van der Waals surface area contributed by atoms with Crippen LogP contribution >= 0.6 is 0 Å². The zero-order chi connectivity index (χ0) is 29.1. The molecule has 0 aromatic heterocycles. The minimum Gasteiger partial charge on any atom is -0.339 e. The van der Waals surface area contributed by atoms with Crippen molar-refractivity contribution in [2.24, 2.45) is 5.92 Å². The Morgan fingerprint density at radius 1 is 0.925 bits per heavy atom. The molecule has 0 spiro atoms. The van der Waals surface area contributed by atoms with Gasteiger partial charge in [-0.2, -0.15) is 0 Å². The summed E-state index contributed by atoms with van der Waals surface area (Å²) in [5.41, 5.74) is 1.63. The van der Waals surface area contributed by atoms with Crippen LogP contribution in [0.3, 0.4) is 0 Å². The number of fused-ring (bicyclic) bond motifs is 1. The van der Waals surface area contributed by atoms with Crippen molar-refractivity contribution in [3.05, 3.63) is 101 Å². The van der Waals surface area contributed by atoms with Gasteiger partial charge < -0.3 is 5.32 Å². The van der Waals surface area contributed by atoms with E-state index < -0.39 is 32.8 Å². The van der Waals surface area contributed by atoms with Gasteiger partial charge in [0.1, 0.15) is 11.4 Å². The van der Waals surface area contributed by atoms with E-state index in [0.717, 1.165) is 23.1 Å². The zero-order valence-corrected chi connectivity index (χ0v) is 24.3. The fourth-order valence-electron chi connectivity index (χ4n) is 5.28. The Morgan fingerprint density at radius 2 is 1.50 bits per heavy atom. The summed E-state index contributed by atoms with van der Waals surface area (Å²) in [7, 11) is -3.64. The Labute approximate surface area is 236 Å². The van der Waals surface area contributed by atoms with Crippen LogP contribution in [0.5, 0.6) is 0 Å². The number of Topliss-reactive ketones (excluding diaryl/α,β-unsaturated/α-hetero) is 1. The number of carbonyl (C=O) groups excluding carboxylic acids is 2. The van der Waals surface area contributed by atoms with E-state index in [1.165, 1.54) is 24.3 Å². The maximum absolute atomic E-state index is 14.0. The van der Waals surface area contributed by atoms with Gasteiger partial charge >= 0.3 is 0 Å². The number of ketones is 1. The third-order valence-electron chi connectivity index (χ3n) is 7.35. The largest absolute Gasteiger partial charge is 0.339 e. The van der Waals surface area contributed by atoms with Crippen molar-refractivity contribution in [1.82, 2.24) is 10.0 Å². The first-order chi connectivity index (χ1) is 18.8. The van der Waals surface area contributed by atoms with E-state index in [1.54, 1.807) is 45.0 Å². The molecule has 40 heavy (non-hydrogen) atoms. The molecule has 8 heteroatoms. The summed E-state index contributed by atoms with van der Waals surface area (Å²) >= 11 is 0. The van der Waals surface area contributed by atoms with E-state index in [0.29, 0.717) is 24.8 Å². The predicted octanol–water partition coefficient (Wildman–Crippen LogP) is 5.40. The molecular weight excluding hydrogens is 527 g/mol. The Morgan fingerprint density at radius 3 is 2.02 bits per heavy atom. The molecule has 6 nitrogen and oxygen atoms in total. The van der Waals surface area contributed by atoms with Gasteiger partial charge in [0, 0.05) is 30.4 Å². The number of sulfonamides is 1. The van der Waals surface area contributed by atoms with Crippen molar-refractivity contribution in [1.29, 1.82) is 0 Å². The average molecular weight is 565 g/mol. The van der Waals surface area contributed by atoms with Gasteiger partial charge in [-0.1, -0.05) is 49.7 Å². The van der Waals surface area contributed by atoms with Crippen LogP contribution in [0, 0.1) is 11.7 Å². The zero-order valence-electron chi connectivity index (χ0n) is 23.5. The lowest BCUT2D eigenvalue weighted by Crippen LogP contribution is -2.56. The number of amides is 1. The maximum atomic E-state index is 14.0. The standard InChI is InChI=1S/C32H37FN2O4S/c1-5-22(18-23-10-16-28(17-11-23)40(38,39)35-31(2,3)4)19-29(36)32(20-25-8-6-7-9-26(25)21-32)34-30(37)24-12-14-27(33)15-13-24/h6-17,22,35H,5,18-21H2,1-4H3,(H,34,37). The molecule has 1 aliphatic rings. The molecule has 1 unspecified atom stereocenters. The van der Waals surface area contributed by atoms with E-state index in [1.807, 2.05) is 31.2 Å². The number of halogens is 1. The van der Waals surface area contributed by atoms with Gasteiger partial charge in [0.05, 0.1) is 4.90 Å². The molecule has 0 aliphatic heterocycles. The number of nitrogens with one attached hydrogen (secondary N) is 2. The van der Waals surface area contributed by atoms with E-state index >= 15 is 0 Å². The van der Waals surface area contributed by atoms with Gasteiger partial charge in [-0.3, -0.25) is 9.59 Å². The molecule has 0 saturated heterocycles. The number of carbonyl (C=O) groups is 2. The van der Waals surface area contributed by atoms with Crippen LogP contribution in [-0.4, -0.2) is 31.2 Å². The molecule has 0 fully saturated rings. The van der Waals surface area contributed by atoms with Crippen molar-refractivity contribution in [3.63, 3.8) is 0 Å². The molecule has 212 valence electrons. The normalized spacial score (nSPS) is 15.3. The number of rotatable bonds is 10. The van der Waals surface area contributed by atoms with Crippen molar-refractivity contribution >= 4 is 21.7 Å². The highest BCUT2D eigenvalue weighted by molar-refractivity contribution is 7.89. The summed E-state index contributed by atoms with van der Waals surface area (Å²) < 4.78 is 41.4. The van der Waals surface area contributed by atoms with Crippen molar-refractivity contribution in [2.75, 3.05) is 0 Å². The monoisotopic (exact) mass is 564 g/mol. The molecule has 0 saturated carbocycles. The van der Waals surface area contributed by atoms with Crippen molar-refractivity contribution < 1.29 is 22.4 Å². The van der Waals surface area contributed by atoms with Crippen molar-refractivity contribution in [2.45, 2.75) is 75.8 Å². The SMILES string of the molecule is CCC(CC(=O)C1(NC(=O)c2ccc(F)cc2)Cc2ccccc2C1)Cc1ccc(S(=O)(=O)NC(C)(C)C)cc1. The van der Waals surface area contributed by atoms with Crippen LogP contribution in [0.15, 0.2) is 77.7 Å². The lowest BCUT2D eigenvalue weighted by atomic mass is 9.82. The van der Waals surface area contributed by atoms with Crippen molar-refractivity contribution in [3.8, 4) is 0 Å². The maximum Gasteiger partial charge on any atom is 0.252 e. The molecule has 3 aromatic carbocycles. The molecule has 1 aliphatic carbocycles. The highest BCUT2D eigenvalue weighted by Crippen LogP contribution is 2.34. The summed E-state index contributed by atoms with van der Waals surface area (Å²) in [6, 6.07) is 19.9. The minimum absolute atomic E-state index is 0.00553. The first-order valence-corrected chi connectivity index (χ1v) is 15.1. The van der Waals surface area contributed by atoms with Gasteiger partial charge in [0.15, 0.2) is 5.78 Å². The van der Waals surface area contributed by atoms with Crippen LogP contribution in [-0.2, 0) is 34.1 Å². The Hall–Kier alpha value is -3.36. The summed E-state index contributed by atoms with van der Waals surface area (Å²) in [4.78, 5) is 27.3. The fraction of sp³-hybridized carbons (Fsp3) is 0.375. The van der Waals surface area contributed by atoms with Gasteiger partial charge in [0.25, 0.3) is 5.91 Å². The number of hydrogen-bond acceptors (Lipinski definition) is 4. The second-order valence-electron chi connectivity index (χ2n) is 11.8. The topological polar surface area (TPSA) is 92.3 Å². The van der Waals surface area contributed by atoms with Gasteiger partial charge in [-0.15, -0.1) is 0 Å². The second-order valence-corrected chi connectivity index (χ2v) is 13.5. The highest BCUT2D eigenvalue weighted by Gasteiger charge is 2.45. The van der Waals surface area contributed by atoms with E-state index in [4.69, 9.17) is 0 Å². The Kier molecular flexibility index (Phi) is 8.61. The van der Waals surface area contributed by atoms with Crippen LogP contribution in [0.2, 0.25) is 0 Å². The summed E-state index contributed by atoms with van der Waals surface area (Å²) in [5, 5.41) is 3.03. The molecular formula is C32H37FN2O4S. The highest BCUT2D eigenvalue weighted by atomic mass is 32.2. The van der Waals surface area contributed by atoms with Crippen LogP contribution in [0.25, 0.3) is 0 Å². The van der Waals surface area contributed by atoms with E-state index in [9.17, 15) is 22.4 Å². The molecule has 0 radical (unpaired) electrons. The molecule has 4 rings (SSSR count). The summed E-state index contributed by atoms with van der Waals surface area (Å²) in [6.07, 6.45) is 2.41. The average Bonchev–Trinajstić information content (AvgIpc) is 3.27. The lowest BCUT2D eigenvalue weighted by molar-refractivity contribution is -0.125. The molecule has 2 N–H and O–H groups in total. The molecule has 3 aromatic rings. The van der Waals surface area contributed by atoms with Gasteiger partial charge in [-0.25, -0.2) is 17.5 Å². The quantitative estimate of drug-likeness (QED) is 0.345. The fourth-order valence-corrected chi connectivity index (χ4v) is 6.70. The summed E-state index contributed by atoms with van der Waals surface area (Å²) in [5.74, 6) is -0.877. The molecule has 0 bridgehead atoms. The minimum atomic E-state index is -3.64. The van der Waals surface area contributed by atoms with E-state index in [2.05, 4.69) is 10.0 Å². The van der Waals surface area contributed by atoms with Gasteiger partial charge in [-0.05, 0) is 86.2 Å². The van der Waals surface area contributed by atoms with Crippen LogP contribution < -0.4 is 10.0 Å².